The Kier molecular flexibility index (Phi) is 6.54. The molecular formula is C27H30O6. The quantitative estimate of drug-likeness (QED) is 0.504. The monoisotopic (exact) mass is 450 g/mol. The molecule has 0 fully saturated rings. The van der Waals surface area contributed by atoms with Crippen molar-refractivity contribution in [2.75, 3.05) is 42.7 Å². The molecule has 0 heterocycles. The molecule has 0 saturated carbocycles. The van der Waals surface area contributed by atoms with E-state index in [-0.39, 0.29) is 5.92 Å². The smallest absolute Gasteiger partial charge is 0.161 e. The topological polar surface area (TPSA) is 55.4 Å². The summed E-state index contributed by atoms with van der Waals surface area (Å²) in [4.78, 5) is 0. The Hall–Kier alpha value is -3.54. The Morgan fingerprint density at radius 1 is 0.576 bits per heavy atom. The summed E-state index contributed by atoms with van der Waals surface area (Å²) in [6.07, 6.45) is 1.43. The summed E-state index contributed by atoms with van der Waals surface area (Å²) in [6, 6.07) is 14.1. The fourth-order valence-electron chi connectivity index (χ4n) is 4.71. The molecule has 0 bridgehead atoms. The van der Waals surface area contributed by atoms with E-state index >= 15 is 0 Å². The van der Waals surface area contributed by atoms with Gasteiger partial charge in [-0.3, -0.25) is 0 Å². The molecule has 1 aliphatic carbocycles. The lowest BCUT2D eigenvalue weighted by atomic mass is 9.84. The molecule has 3 aromatic rings. The number of fused-ring (bicyclic) bond motifs is 2. The van der Waals surface area contributed by atoms with Gasteiger partial charge in [0, 0.05) is 35.6 Å². The van der Waals surface area contributed by atoms with E-state index in [1.165, 1.54) is 5.56 Å². The minimum absolute atomic E-state index is 0.0127. The van der Waals surface area contributed by atoms with Crippen molar-refractivity contribution in [3.63, 3.8) is 0 Å². The number of hydrogen-bond donors (Lipinski definition) is 0. The molecule has 0 amide bonds. The van der Waals surface area contributed by atoms with Crippen LogP contribution in [0.25, 0.3) is 0 Å². The van der Waals surface area contributed by atoms with E-state index in [4.69, 9.17) is 28.4 Å². The lowest BCUT2D eigenvalue weighted by Gasteiger charge is -2.23. The van der Waals surface area contributed by atoms with Gasteiger partial charge in [-0.05, 0) is 47.4 Å². The summed E-state index contributed by atoms with van der Waals surface area (Å²) in [5.41, 5.74) is 5.67. The average Bonchev–Trinajstić information content (AvgIpc) is 3.03. The zero-order chi connectivity index (χ0) is 23.5. The highest BCUT2D eigenvalue weighted by atomic mass is 16.5. The largest absolute Gasteiger partial charge is 0.497 e. The van der Waals surface area contributed by atoms with E-state index in [1.54, 1.807) is 42.7 Å². The van der Waals surface area contributed by atoms with Gasteiger partial charge in [0.25, 0.3) is 0 Å². The summed E-state index contributed by atoms with van der Waals surface area (Å²) >= 11 is 0. The van der Waals surface area contributed by atoms with Crippen LogP contribution in [0.2, 0.25) is 0 Å². The van der Waals surface area contributed by atoms with Crippen LogP contribution in [0.5, 0.6) is 34.5 Å². The summed E-state index contributed by atoms with van der Waals surface area (Å²) in [5.74, 6) is 4.53. The molecule has 174 valence electrons. The lowest BCUT2D eigenvalue weighted by molar-refractivity contribution is 0.354. The van der Waals surface area contributed by atoms with Crippen molar-refractivity contribution in [3.8, 4) is 34.5 Å². The highest BCUT2D eigenvalue weighted by Crippen LogP contribution is 2.46. The standard InChI is InChI=1S/C27H30O6/c1-28-19-9-17-11-22(16-7-8-23(30-3)25(13-16)32-5)27-18(12-21(17)24(14-19)31-4)10-20(29-2)15-26(27)33-6/h7-10,13-15,22H,11-12H2,1-6H3/t22-/m1/s1. The average molecular weight is 451 g/mol. The van der Waals surface area contributed by atoms with Crippen LogP contribution in [0.1, 0.15) is 33.7 Å². The zero-order valence-electron chi connectivity index (χ0n) is 20.0. The van der Waals surface area contributed by atoms with Crippen molar-refractivity contribution in [1.29, 1.82) is 0 Å². The SMILES string of the molecule is COc1cc2c(c(OC)c1)Cc1cc(OC)cc(OC)c1[C@@H](c1ccc(OC)c(OC)c1)C2. The van der Waals surface area contributed by atoms with E-state index in [1.807, 2.05) is 24.3 Å². The molecule has 0 radical (unpaired) electrons. The number of ether oxygens (including phenoxy) is 6. The fourth-order valence-corrected chi connectivity index (χ4v) is 4.71. The van der Waals surface area contributed by atoms with Crippen LogP contribution < -0.4 is 28.4 Å². The number of benzene rings is 3. The summed E-state index contributed by atoms with van der Waals surface area (Å²) in [7, 11) is 10.0. The molecule has 6 heteroatoms. The second-order valence-electron chi connectivity index (χ2n) is 7.92. The van der Waals surface area contributed by atoms with Gasteiger partial charge in [-0.1, -0.05) is 6.07 Å². The van der Waals surface area contributed by atoms with Gasteiger partial charge < -0.3 is 28.4 Å². The van der Waals surface area contributed by atoms with E-state index in [9.17, 15) is 0 Å². The maximum Gasteiger partial charge on any atom is 0.161 e. The molecule has 0 spiro atoms. The first-order valence-corrected chi connectivity index (χ1v) is 10.8. The van der Waals surface area contributed by atoms with Gasteiger partial charge in [-0.15, -0.1) is 0 Å². The molecule has 33 heavy (non-hydrogen) atoms. The van der Waals surface area contributed by atoms with Crippen LogP contribution in [0, 0.1) is 0 Å². The van der Waals surface area contributed by atoms with Crippen LogP contribution in [0.3, 0.4) is 0 Å². The van der Waals surface area contributed by atoms with Gasteiger partial charge in [0.15, 0.2) is 11.5 Å². The van der Waals surface area contributed by atoms with Crippen molar-refractivity contribution < 1.29 is 28.4 Å². The van der Waals surface area contributed by atoms with Crippen molar-refractivity contribution in [1.82, 2.24) is 0 Å². The van der Waals surface area contributed by atoms with Crippen LogP contribution in [-0.2, 0) is 12.8 Å². The highest BCUT2D eigenvalue weighted by Gasteiger charge is 2.30. The second kappa shape index (κ2) is 9.53. The molecule has 1 atom stereocenters. The van der Waals surface area contributed by atoms with E-state index in [0.717, 1.165) is 51.7 Å². The van der Waals surface area contributed by atoms with Gasteiger partial charge >= 0.3 is 0 Å². The predicted molar refractivity (Wildman–Crippen MR) is 127 cm³/mol. The molecule has 4 rings (SSSR count). The van der Waals surface area contributed by atoms with Crippen molar-refractivity contribution >= 4 is 0 Å². The first kappa shape index (κ1) is 22.6. The second-order valence-corrected chi connectivity index (χ2v) is 7.92. The summed E-state index contributed by atoms with van der Waals surface area (Å²) in [5, 5.41) is 0. The number of methoxy groups -OCH3 is 6. The van der Waals surface area contributed by atoms with Gasteiger partial charge in [-0.2, -0.15) is 0 Å². The minimum Gasteiger partial charge on any atom is -0.497 e. The van der Waals surface area contributed by atoms with Gasteiger partial charge in [0.1, 0.15) is 23.0 Å². The summed E-state index contributed by atoms with van der Waals surface area (Å²) in [6.45, 7) is 0. The van der Waals surface area contributed by atoms with Crippen LogP contribution in [-0.4, -0.2) is 42.7 Å². The Morgan fingerprint density at radius 2 is 1.18 bits per heavy atom. The summed E-state index contributed by atoms with van der Waals surface area (Å²) < 4.78 is 33.9. The predicted octanol–water partition coefficient (Wildman–Crippen LogP) is 5.02. The van der Waals surface area contributed by atoms with E-state index < -0.39 is 0 Å². The van der Waals surface area contributed by atoms with Crippen LogP contribution in [0.15, 0.2) is 42.5 Å². The Balaban J connectivity index is 1.99. The molecule has 0 aliphatic heterocycles. The molecule has 0 N–H and O–H groups in total. The maximum absolute atomic E-state index is 5.87. The number of rotatable bonds is 7. The Morgan fingerprint density at radius 3 is 1.79 bits per heavy atom. The first-order valence-electron chi connectivity index (χ1n) is 10.8. The fraction of sp³-hybridized carbons (Fsp3) is 0.333. The van der Waals surface area contributed by atoms with Gasteiger partial charge in [0.05, 0.1) is 42.7 Å². The normalized spacial score (nSPS) is 14.4. The van der Waals surface area contributed by atoms with Crippen molar-refractivity contribution in [2.45, 2.75) is 18.8 Å². The number of hydrogen-bond acceptors (Lipinski definition) is 6. The van der Waals surface area contributed by atoms with Crippen molar-refractivity contribution in [3.05, 3.63) is 70.3 Å². The third-order valence-electron chi connectivity index (χ3n) is 6.34. The van der Waals surface area contributed by atoms with Gasteiger partial charge in [-0.25, -0.2) is 0 Å². The van der Waals surface area contributed by atoms with E-state index in [0.29, 0.717) is 17.9 Å². The van der Waals surface area contributed by atoms with Crippen LogP contribution >= 0.6 is 0 Å². The molecule has 1 aliphatic rings. The molecule has 0 saturated heterocycles. The van der Waals surface area contributed by atoms with E-state index in [2.05, 4.69) is 18.2 Å². The molecular weight excluding hydrogens is 420 g/mol. The zero-order valence-corrected chi connectivity index (χ0v) is 20.0. The lowest BCUT2D eigenvalue weighted by Crippen LogP contribution is -2.09. The van der Waals surface area contributed by atoms with Crippen LogP contribution in [0.4, 0.5) is 0 Å². The molecule has 0 aromatic heterocycles. The molecule has 6 nitrogen and oxygen atoms in total. The Labute approximate surface area is 195 Å². The molecule has 0 unspecified atom stereocenters. The minimum atomic E-state index is 0.0127. The molecule has 3 aromatic carbocycles. The highest BCUT2D eigenvalue weighted by molar-refractivity contribution is 5.60. The maximum atomic E-state index is 5.87. The third kappa shape index (κ3) is 4.13. The first-order chi connectivity index (χ1) is 16.1. The Bertz CT molecular complexity index is 1150. The third-order valence-corrected chi connectivity index (χ3v) is 6.34. The van der Waals surface area contributed by atoms with Crippen molar-refractivity contribution in [2.24, 2.45) is 0 Å². The van der Waals surface area contributed by atoms with Gasteiger partial charge in [0.2, 0.25) is 0 Å².